The summed E-state index contributed by atoms with van der Waals surface area (Å²) in [7, 11) is 4.12. The molecule has 0 bridgehead atoms. The van der Waals surface area contributed by atoms with E-state index in [1.54, 1.807) is 18.2 Å². The van der Waals surface area contributed by atoms with Crippen LogP contribution >= 0.6 is 0 Å². The van der Waals surface area contributed by atoms with E-state index in [9.17, 15) is 14.3 Å². The summed E-state index contributed by atoms with van der Waals surface area (Å²) in [6.45, 7) is 9.39. The molecule has 2 aromatic carbocycles. The van der Waals surface area contributed by atoms with E-state index in [4.69, 9.17) is 9.47 Å². The van der Waals surface area contributed by atoms with Gasteiger partial charge in [-0.05, 0) is 42.7 Å². The molecule has 6 nitrogen and oxygen atoms in total. The molecule has 0 fully saturated rings. The molecule has 0 aromatic heterocycles. The number of hydrogen-bond acceptors (Lipinski definition) is 4. The summed E-state index contributed by atoms with van der Waals surface area (Å²) in [5.41, 5.74) is 1.71. The van der Waals surface area contributed by atoms with Gasteiger partial charge in [0.25, 0.3) is 0 Å². The van der Waals surface area contributed by atoms with Crippen LogP contribution in [0, 0.1) is 17.7 Å². The van der Waals surface area contributed by atoms with Crippen LogP contribution < -0.4 is 9.47 Å². The minimum atomic E-state index is -0.247. The average Bonchev–Trinajstić information content (AvgIpc) is 2.97. The lowest BCUT2D eigenvalue weighted by molar-refractivity contribution is -0.905. The zero-order valence-electron chi connectivity index (χ0n) is 21.0. The molecule has 0 saturated heterocycles. The van der Waals surface area contributed by atoms with Gasteiger partial charge in [-0.15, -0.1) is 0 Å². The maximum Gasteiger partial charge on any atom is 0.231 e. The van der Waals surface area contributed by atoms with Crippen molar-refractivity contribution in [1.82, 2.24) is 4.90 Å². The summed E-state index contributed by atoms with van der Waals surface area (Å²) in [4.78, 5) is 15.4. The first kappa shape index (κ1) is 25.8. The number of carbonyl (C=O) groups is 1. The third kappa shape index (κ3) is 7.10. The van der Waals surface area contributed by atoms with Gasteiger partial charge in [0.1, 0.15) is 12.4 Å². The molecule has 3 rings (SSSR count). The van der Waals surface area contributed by atoms with E-state index in [1.807, 2.05) is 24.0 Å². The molecule has 1 amide bonds. The molecule has 7 heteroatoms. The minimum absolute atomic E-state index is 0.0345. The maximum atomic E-state index is 13.6. The highest BCUT2D eigenvalue weighted by atomic mass is 19.1. The normalized spacial score (nSPS) is 14.6. The largest absolute Gasteiger partial charge is 0.504 e. The molecule has 34 heavy (non-hydrogen) atoms. The van der Waals surface area contributed by atoms with Crippen LogP contribution in [0.25, 0.3) is 0 Å². The van der Waals surface area contributed by atoms with Gasteiger partial charge in [0.2, 0.25) is 11.7 Å². The number of benzene rings is 2. The zero-order valence-corrected chi connectivity index (χ0v) is 21.0. The number of carbonyl (C=O) groups excluding carboxylic acids is 1. The summed E-state index contributed by atoms with van der Waals surface area (Å²) in [6.07, 6.45) is 0.753. The van der Waals surface area contributed by atoms with Crippen LogP contribution in [0.3, 0.4) is 0 Å². The Labute approximate surface area is 202 Å². The third-order valence-electron chi connectivity index (χ3n) is 5.85. The quantitative estimate of drug-likeness (QED) is 0.541. The first-order valence-corrected chi connectivity index (χ1v) is 12.0. The zero-order chi connectivity index (χ0) is 24.9. The number of phenolic OH excluding ortho intramolecular Hbond substituents is 1. The van der Waals surface area contributed by atoms with Crippen LogP contribution in [0.15, 0.2) is 36.4 Å². The minimum Gasteiger partial charge on any atom is -0.504 e. The fraction of sp³-hybridized carbons (Fsp3) is 0.519. The van der Waals surface area contributed by atoms with Crippen molar-refractivity contribution in [2.45, 2.75) is 40.3 Å². The summed E-state index contributed by atoms with van der Waals surface area (Å²) in [5, 5.41) is 10.5. The number of amides is 1. The highest BCUT2D eigenvalue weighted by Crippen LogP contribution is 2.39. The molecule has 1 heterocycles. The van der Waals surface area contributed by atoms with E-state index >= 15 is 0 Å². The van der Waals surface area contributed by atoms with Crippen molar-refractivity contribution in [3.63, 3.8) is 0 Å². The van der Waals surface area contributed by atoms with E-state index in [2.05, 4.69) is 27.9 Å². The van der Waals surface area contributed by atoms with Crippen LogP contribution in [0.4, 0.5) is 4.39 Å². The van der Waals surface area contributed by atoms with Gasteiger partial charge in [-0.2, -0.15) is 0 Å². The van der Waals surface area contributed by atoms with Gasteiger partial charge in [-0.3, -0.25) is 4.79 Å². The van der Waals surface area contributed by atoms with Crippen molar-refractivity contribution in [3.8, 4) is 17.2 Å². The van der Waals surface area contributed by atoms with Gasteiger partial charge in [0, 0.05) is 25.1 Å². The second-order valence-electron chi connectivity index (χ2n) is 10.4. The molecular weight excluding hydrogens is 435 g/mol. The van der Waals surface area contributed by atoms with Crippen LogP contribution in [-0.2, 0) is 17.9 Å². The van der Waals surface area contributed by atoms with Crippen LogP contribution in [0.2, 0.25) is 0 Å². The number of halogens is 1. The number of phenols is 1. The monoisotopic (exact) mass is 473 g/mol. The van der Waals surface area contributed by atoms with Crippen molar-refractivity contribution in [2.75, 3.05) is 40.4 Å². The van der Waals surface area contributed by atoms with Crippen molar-refractivity contribution >= 4 is 5.91 Å². The predicted octanol–water partition coefficient (Wildman–Crippen LogP) is 4.59. The van der Waals surface area contributed by atoms with Crippen molar-refractivity contribution in [2.24, 2.45) is 11.8 Å². The summed E-state index contributed by atoms with van der Waals surface area (Å²) < 4.78 is 25.6. The average molecular weight is 474 g/mol. The molecule has 1 atom stereocenters. The standard InChI is InChI=1S/C27H37FN2O4/c1-19(2)15-29(16-22-13-24(31)26-25(14-22)33-10-7-11-34-26)27(32)20(3)17-30(4,5)18-21-8-6-9-23(28)12-21/h6,8-9,12-14,19-20H,7,10-11,15-18H2,1-5H3/p+1. The van der Waals surface area contributed by atoms with Gasteiger partial charge in [-0.1, -0.05) is 26.0 Å². The van der Waals surface area contributed by atoms with E-state index in [0.29, 0.717) is 61.3 Å². The summed E-state index contributed by atoms with van der Waals surface area (Å²) >= 11 is 0. The Bertz CT molecular complexity index is 993. The topological polar surface area (TPSA) is 59.0 Å². The molecule has 1 aliphatic rings. The molecule has 1 unspecified atom stereocenters. The Morgan fingerprint density at radius 3 is 2.56 bits per heavy atom. The van der Waals surface area contributed by atoms with Gasteiger partial charge in [0.15, 0.2) is 11.5 Å². The second kappa shape index (κ2) is 11.1. The van der Waals surface area contributed by atoms with E-state index in [-0.39, 0.29) is 23.4 Å². The highest BCUT2D eigenvalue weighted by molar-refractivity contribution is 5.78. The smallest absolute Gasteiger partial charge is 0.231 e. The third-order valence-corrected chi connectivity index (χ3v) is 5.85. The number of nitrogens with zero attached hydrogens (tertiary/aromatic N) is 2. The van der Waals surface area contributed by atoms with Crippen LogP contribution in [-0.4, -0.2) is 60.8 Å². The fourth-order valence-corrected chi connectivity index (χ4v) is 4.62. The molecular formula is C27H38FN2O4+. The number of fused-ring (bicyclic) bond motifs is 1. The van der Waals surface area contributed by atoms with Gasteiger partial charge < -0.3 is 24.0 Å². The first-order valence-electron chi connectivity index (χ1n) is 12.0. The van der Waals surface area contributed by atoms with Crippen molar-refractivity contribution in [3.05, 3.63) is 53.3 Å². The number of hydrogen-bond donors (Lipinski definition) is 1. The fourth-order valence-electron chi connectivity index (χ4n) is 4.62. The molecule has 186 valence electrons. The van der Waals surface area contributed by atoms with E-state index < -0.39 is 0 Å². The SMILES string of the molecule is CC(C)CN(Cc1cc(O)c2c(c1)OCCCO2)C(=O)C(C)C[N+](C)(C)Cc1cccc(F)c1. The Morgan fingerprint density at radius 1 is 1.12 bits per heavy atom. The molecule has 2 aromatic rings. The Balaban J connectivity index is 1.73. The molecule has 0 saturated carbocycles. The lowest BCUT2D eigenvalue weighted by Crippen LogP contribution is -2.47. The van der Waals surface area contributed by atoms with Crippen LogP contribution in [0.1, 0.15) is 38.3 Å². The van der Waals surface area contributed by atoms with E-state index in [0.717, 1.165) is 17.5 Å². The van der Waals surface area contributed by atoms with Crippen molar-refractivity contribution < 1.29 is 28.2 Å². The molecule has 0 aliphatic carbocycles. The number of quaternary nitrogens is 1. The molecule has 0 radical (unpaired) electrons. The maximum absolute atomic E-state index is 13.6. The number of aromatic hydroxyl groups is 1. The first-order chi connectivity index (χ1) is 16.0. The predicted molar refractivity (Wildman–Crippen MR) is 130 cm³/mol. The second-order valence-corrected chi connectivity index (χ2v) is 10.4. The lowest BCUT2D eigenvalue weighted by Gasteiger charge is -2.34. The van der Waals surface area contributed by atoms with Crippen LogP contribution in [0.5, 0.6) is 17.2 Å². The number of rotatable bonds is 9. The number of ether oxygens (including phenoxy) is 2. The Hall–Kier alpha value is -2.80. The van der Waals surface area contributed by atoms with Gasteiger partial charge in [0.05, 0.1) is 39.8 Å². The van der Waals surface area contributed by atoms with E-state index in [1.165, 1.54) is 6.07 Å². The Kier molecular flexibility index (Phi) is 8.42. The molecule has 1 aliphatic heterocycles. The summed E-state index contributed by atoms with van der Waals surface area (Å²) in [5.74, 6) is 0.801. The molecule has 0 spiro atoms. The highest BCUT2D eigenvalue weighted by Gasteiger charge is 2.29. The Morgan fingerprint density at radius 2 is 1.85 bits per heavy atom. The van der Waals surface area contributed by atoms with Gasteiger partial charge in [-0.25, -0.2) is 4.39 Å². The van der Waals surface area contributed by atoms with Crippen molar-refractivity contribution in [1.29, 1.82) is 0 Å². The molecule has 1 N–H and O–H groups in total. The summed E-state index contributed by atoms with van der Waals surface area (Å²) in [6, 6.07) is 10.1. The lowest BCUT2D eigenvalue weighted by atomic mass is 10.0. The van der Waals surface area contributed by atoms with Gasteiger partial charge >= 0.3 is 0 Å².